The van der Waals surface area contributed by atoms with Gasteiger partial charge in [-0.05, 0) is 31.0 Å². The van der Waals surface area contributed by atoms with E-state index < -0.39 is 9.84 Å². The molecule has 4 rings (SSSR count). The van der Waals surface area contributed by atoms with Crippen molar-refractivity contribution in [3.05, 3.63) is 58.5 Å². The molecule has 3 heterocycles. The number of fused-ring (bicyclic) bond motifs is 4. The van der Waals surface area contributed by atoms with E-state index >= 15 is 0 Å². The molecule has 19 heavy (non-hydrogen) atoms. The van der Waals surface area contributed by atoms with Crippen molar-refractivity contribution in [3.8, 4) is 0 Å². The number of sulfone groups is 1. The van der Waals surface area contributed by atoms with E-state index in [0.717, 1.165) is 16.8 Å². The zero-order chi connectivity index (χ0) is 13.0. The summed E-state index contributed by atoms with van der Waals surface area (Å²) in [6.45, 7) is 0. The Balaban J connectivity index is 2.13. The van der Waals surface area contributed by atoms with Crippen LogP contribution in [0, 0.1) is 0 Å². The minimum atomic E-state index is -3.36. The quantitative estimate of drug-likeness (QED) is 0.734. The van der Waals surface area contributed by atoms with Crippen LogP contribution in [-0.2, 0) is 16.3 Å². The molecule has 0 N–H and O–H groups in total. The molecule has 0 amide bonds. The normalized spacial score (nSPS) is 18.7. The Kier molecular flexibility index (Phi) is 2.01. The van der Waals surface area contributed by atoms with Crippen LogP contribution in [0.15, 0.2) is 46.5 Å². The second-order valence-corrected chi connectivity index (χ2v) is 6.59. The molecule has 0 saturated carbocycles. The maximum atomic E-state index is 12.5. The lowest BCUT2D eigenvalue weighted by molar-refractivity contribution is 0.601. The molecule has 0 spiro atoms. The summed E-state index contributed by atoms with van der Waals surface area (Å²) < 4.78 is 25.0. The van der Waals surface area contributed by atoms with E-state index in [9.17, 15) is 8.42 Å². The molecule has 2 aliphatic rings. The molecule has 94 valence electrons. The van der Waals surface area contributed by atoms with Gasteiger partial charge in [-0.25, -0.2) is 8.42 Å². The summed E-state index contributed by atoms with van der Waals surface area (Å²) in [4.78, 5) is 9.45. The third-order valence-electron chi connectivity index (χ3n) is 3.65. The highest BCUT2D eigenvalue weighted by atomic mass is 32.2. The van der Waals surface area contributed by atoms with E-state index in [0.29, 0.717) is 28.3 Å². The summed E-state index contributed by atoms with van der Waals surface area (Å²) in [5.74, 6) is 0. The van der Waals surface area contributed by atoms with E-state index in [1.807, 2.05) is 12.1 Å². The molecule has 0 radical (unpaired) electrons. The number of allylic oxidation sites excluding steroid dienone is 1. The van der Waals surface area contributed by atoms with Gasteiger partial charge in [0.15, 0.2) is 0 Å². The van der Waals surface area contributed by atoms with Crippen molar-refractivity contribution in [1.82, 2.24) is 9.97 Å². The SMILES string of the molecule is O=S1(=O)C2=C(c3cccnc3CC2)c2ncccc21. The van der Waals surface area contributed by atoms with Crippen LogP contribution in [0.5, 0.6) is 0 Å². The van der Waals surface area contributed by atoms with Gasteiger partial charge in [0.1, 0.15) is 0 Å². The van der Waals surface area contributed by atoms with Gasteiger partial charge in [0, 0.05) is 29.2 Å². The van der Waals surface area contributed by atoms with Crippen LogP contribution in [0.2, 0.25) is 0 Å². The Morgan fingerprint density at radius 2 is 1.79 bits per heavy atom. The minimum absolute atomic E-state index is 0.330. The van der Waals surface area contributed by atoms with Crippen LogP contribution in [0.1, 0.15) is 23.4 Å². The molecule has 0 bridgehead atoms. The van der Waals surface area contributed by atoms with Gasteiger partial charge in [0.2, 0.25) is 9.84 Å². The lowest BCUT2D eigenvalue weighted by atomic mass is 9.92. The van der Waals surface area contributed by atoms with Gasteiger partial charge in [0.05, 0.1) is 15.5 Å². The molecule has 0 fully saturated rings. The van der Waals surface area contributed by atoms with Crippen LogP contribution >= 0.6 is 0 Å². The fourth-order valence-corrected chi connectivity index (χ4v) is 4.61. The van der Waals surface area contributed by atoms with Gasteiger partial charge >= 0.3 is 0 Å². The monoisotopic (exact) mass is 270 g/mol. The molecule has 0 saturated heterocycles. The van der Waals surface area contributed by atoms with Crippen LogP contribution < -0.4 is 0 Å². The van der Waals surface area contributed by atoms with E-state index in [1.54, 1.807) is 24.5 Å². The van der Waals surface area contributed by atoms with Crippen molar-refractivity contribution in [1.29, 1.82) is 0 Å². The van der Waals surface area contributed by atoms with E-state index in [2.05, 4.69) is 9.97 Å². The maximum absolute atomic E-state index is 12.5. The molecule has 0 aromatic carbocycles. The molecule has 4 nitrogen and oxygen atoms in total. The van der Waals surface area contributed by atoms with Gasteiger partial charge in [-0.1, -0.05) is 6.07 Å². The summed E-state index contributed by atoms with van der Waals surface area (Å²) in [5.41, 5.74) is 3.19. The maximum Gasteiger partial charge on any atom is 0.205 e. The number of hydrogen-bond donors (Lipinski definition) is 0. The van der Waals surface area contributed by atoms with Crippen molar-refractivity contribution in [3.63, 3.8) is 0 Å². The Bertz CT molecular complexity index is 838. The van der Waals surface area contributed by atoms with Crippen molar-refractivity contribution >= 4 is 15.4 Å². The van der Waals surface area contributed by atoms with Crippen molar-refractivity contribution in [2.24, 2.45) is 0 Å². The molecule has 5 heteroatoms. The first-order chi connectivity index (χ1) is 9.19. The fourth-order valence-electron chi connectivity index (χ4n) is 2.83. The summed E-state index contributed by atoms with van der Waals surface area (Å²) in [6.07, 6.45) is 4.56. The number of pyridine rings is 2. The lowest BCUT2D eigenvalue weighted by Gasteiger charge is -2.16. The average Bonchev–Trinajstić information content (AvgIpc) is 2.68. The first-order valence-electron chi connectivity index (χ1n) is 6.07. The van der Waals surface area contributed by atoms with Gasteiger partial charge < -0.3 is 0 Å². The summed E-state index contributed by atoms with van der Waals surface area (Å²) in [5, 5.41) is 0. The molecule has 0 atom stereocenters. The highest BCUT2D eigenvalue weighted by molar-refractivity contribution is 7.96. The number of aromatic nitrogens is 2. The highest BCUT2D eigenvalue weighted by Crippen LogP contribution is 2.46. The second kappa shape index (κ2) is 3.51. The average molecular weight is 270 g/mol. The number of aryl methyl sites for hydroxylation is 1. The van der Waals surface area contributed by atoms with Gasteiger partial charge in [0.25, 0.3) is 0 Å². The standard InChI is InChI=1S/C14H10N2O2S/c17-19(18)11-6-5-10-9(3-1-7-15-10)13(11)14-12(19)4-2-8-16-14/h1-4,7-8H,5-6H2. The second-order valence-electron chi connectivity index (χ2n) is 4.65. The first kappa shape index (κ1) is 10.9. The lowest BCUT2D eigenvalue weighted by Crippen LogP contribution is -2.08. The van der Waals surface area contributed by atoms with Gasteiger partial charge in [-0.15, -0.1) is 0 Å². The zero-order valence-corrected chi connectivity index (χ0v) is 10.8. The largest absolute Gasteiger partial charge is 0.261 e. The molecule has 2 aromatic rings. The van der Waals surface area contributed by atoms with E-state index in [-0.39, 0.29) is 0 Å². The Hall–Kier alpha value is -2.01. The van der Waals surface area contributed by atoms with Crippen molar-refractivity contribution < 1.29 is 8.42 Å². The molecule has 0 unspecified atom stereocenters. The minimum Gasteiger partial charge on any atom is -0.261 e. The fraction of sp³-hybridized carbons (Fsp3) is 0.143. The summed E-state index contributed by atoms with van der Waals surface area (Å²) in [7, 11) is -3.36. The predicted octanol–water partition coefficient (Wildman–Crippen LogP) is 1.97. The molecule has 1 aliphatic heterocycles. The molecule has 1 aliphatic carbocycles. The van der Waals surface area contributed by atoms with Gasteiger partial charge in [-0.3, -0.25) is 9.97 Å². The third-order valence-corrected chi connectivity index (χ3v) is 5.61. The van der Waals surface area contributed by atoms with Crippen molar-refractivity contribution in [2.75, 3.05) is 0 Å². The first-order valence-corrected chi connectivity index (χ1v) is 7.56. The predicted molar refractivity (Wildman–Crippen MR) is 70.0 cm³/mol. The Labute approximate surface area is 110 Å². The van der Waals surface area contributed by atoms with Crippen LogP contribution in [0.3, 0.4) is 0 Å². The molecule has 2 aromatic heterocycles. The van der Waals surface area contributed by atoms with Crippen molar-refractivity contribution in [2.45, 2.75) is 17.7 Å². The number of hydrogen-bond acceptors (Lipinski definition) is 4. The topological polar surface area (TPSA) is 59.9 Å². The van der Waals surface area contributed by atoms with Crippen LogP contribution in [0.4, 0.5) is 0 Å². The molecular formula is C14H10N2O2S. The Morgan fingerprint density at radius 1 is 1.00 bits per heavy atom. The summed E-state index contributed by atoms with van der Waals surface area (Å²) in [6, 6.07) is 7.06. The van der Waals surface area contributed by atoms with Crippen LogP contribution in [0.25, 0.3) is 5.57 Å². The van der Waals surface area contributed by atoms with Gasteiger partial charge in [-0.2, -0.15) is 0 Å². The molecular weight excluding hydrogens is 260 g/mol. The Morgan fingerprint density at radius 3 is 2.68 bits per heavy atom. The zero-order valence-electron chi connectivity index (χ0n) is 10.00. The number of nitrogens with zero attached hydrogens (tertiary/aromatic N) is 2. The number of rotatable bonds is 0. The smallest absolute Gasteiger partial charge is 0.205 e. The third kappa shape index (κ3) is 1.30. The highest BCUT2D eigenvalue weighted by Gasteiger charge is 2.39. The van der Waals surface area contributed by atoms with E-state index in [4.69, 9.17) is 0 Å². The van der Waals surface area contributed by atoms with Crippen LogP contribution in [-0.4, -0.2) is 18.4 Å². The van der Waals surface area contributed by atoms with E-state index in [1.165, 1.54) is 0 Å². The summed E-state index contributed by atoms with van der Waals surface area (Å²) >= 11 is 0.